The van der Waals surface area contributed by atoms with Gasteiger partial charge in [-0.2, -0.15) is 10.2 Å². The molecule has 0 aromatic carbocycles. The predicted octanol–water partition coefficient (Wildman–Crippen LogP) is 4.81. The lowest BCUT2D eigenvalue weighted by atomic mass is 9.90. The van der Waals surface area contributed by atoms with Crippen molar-refractivity contribution in [2.45, 2.75) is 106 Å². The molecule has 7 heteroatoms. The summed E-state index contributed by atoms with van der Waals surface area (Å²) in [6.07, 6.45) is 4.14. The van der Waals surface area contributed by atoms with E-state index >= 15 is 0 Å². The number of carboxylic acids is 1. The summed E-state index contributed by atoms with van der Waals surface area (Å²) in [5.41, 5.74) is 11.1. The van der Waals surface area contributed by atoms with Crippen LogP contribution in [-0.2, 0) is 36.8 Å². The topological polar surface area (TPSA) is 99.0 Å². The number of nitrogen functional groups attached to an aromatic ring is 1. The SMILES string of the molecule is C.C.CCn1nc(C(=O)O)c2c1C(C)(C)CC2.CCn1nc(N)c2c1C(C)(C)CC2. The van der Waals surface area contributed by atoms with Gasteiger partial charge in [0, 0.05) is 46.4 Å². The van der Waals surface area contributed by atoms with Crippen LogP contribution in [0.1, 0.15) is 102 Å². The van der Waals surface area contributed by atoms with E-state index in [0.29, 0.717) is 0 Å². The van der Waals surface area contributed by atoms with Crippen LogP contribution in [0.3, 0.4) is 0 Å². The third-order valence-electron chi connectivity index (χ3n) is 6.22. The molecule has 0 amide bonds. The number of nitrogens with two attached hydrogens (primary N) is 1. The van der Waals surface area contributed by atoms with Crippen molar-refractivity contribution in [2.75, 3.05) is 5.73 Å². The zero-order chi connectivity index (χ0) is 20.9. The molecule has 170 valence electrons. The summed E-state index contributed by atoms with van der Waals surface area (Å²) >= 11 is 0. The Bertz CT molecular complexity index is 905. The number of fused-ring (bicyclic) bond motifs is 2. The fraction of sp³-hybridized carbons (Fsp3) is 0.696. The number of anilines is 1. The molecule has 0 bridgehead atoms. The van der Waals surface area contributed by atoms with Crippen LogP contribution >= 0.6 is 0 Å². The normalized spacial score (nSPS) is 17.1. The van der Waals surface area contributed by atoms with Crippen molar-refractivity contribution in [2.24, 2.45) is 0 Å². The highest BCUT2D eigenvalue weighted by molar-refractivity contribution is 5.87. The lowest BCUT2D eigenvalue weighted by Gasteiger charge is -2.19. The minimum atomic E-state index is -0.906. The molecule has 0 radical (unpaired) electrons. The molecule has 30 heavy (non-hydrogen) atoms. The fourth-order valence-corrected chi connectivity index (χ4v) is 4.76. The zero-order valence-corrected chi connectivity index (χ0v) is 18.0. The van der Waals surface area contributed by atoms with Crippen molar-refractivity contribution in [3.05, 3.63) is 28.2 Å². The van der Waals surface area contributed by atoms with Gasteiger partial charge in [-0.15, -0.1) is 0 Å². The van der Waals surface area contributed by atoms with Gasteiger partial charge in [0.1, 0.15) is 5.82 Å². The van der Waals surface area contributed by atoms with Crippen LogP contribution in [0.4, 0.5) is 5.82 Å². The highest BCUT2D eigenvalue weighted by Gasteiger charge is 2.38. The average Bonchev–Trinajstić information content (AvgIpc) is 3.32. The molecule has 2 heterocycles. The summed E-state index contributed by atoms with van der Waals surface area (Å²) in [6, 6.07) is 0. The molecule has 3 N–H and O–H groups in total. The molecule has 2 aromatic rings. The van der Waals surface area contributed by atoms with E-state index < -0.39 is 5.97 Å². The second-order valence-electron chi connectivity index (χ2n) is 9.09. The van der Waals surface area contributed by atoms with Gasteiger partial charge in [-0.25, -0.2) is 4.79 Å². The van der Waals surface area contributed by atoms with Crippen LogP contribution in [0.5, 0.6) is 0 Å². The smallest absolute Gasteiger partial charge is 0.356 e. The number of aromatic nitrogens is 4. The van der Waals surface area contributed by atoms with Crippen molar-refractivity contribution >= 4 is 11.8 Å². The molecule has 2 aliphatic rings. The first-order valence-electron chi connectivity index (χ1n) is 10.2. The van der Waals surface area contributed by atoms with Crippen LogP contribution in [0.15, 0.2) is 0 Å². The maximum absolute atomic E-state index is 11.0. The summed E-state index contributed by atoms with van der Waals surface area (Å²) in [5, 5.41) is 17.6. The quantitative estimate of drug-likeness (QED) is 0.744. The number of carboxylic acid groups (broad SMARTS) is 1. The Balaban J connectivity index is 0.000000284. The summed E-state index contributed by atoms with van der Waals surface area (Å²) in [6.45, 7) is 14.6. The monoisotopic (exact) mass is 419 g/mol. The Labute approximate surface area is 181 Å². The van der Waals surface area contributed by atoms with Gasteiger partial charge in [0.15, 0.2) is 5.69 Å². The van der Waals surface area contributed by atoms with E-state index in [0.717, 1.165) is 49.4 Å². The maximum Gasteiger partial charge on any atom is 0.356 e. The van der Waals surface area contributed by atoms with Gasteiger partial charge in [0.25, 0.3) is 0 Å². The number of hydrogen-bond acceptors (Lipinski definition) is 4. The fourth-order valence-electron chi connectivity index (χ4n) is 4.76. The predicted molar refractivity (Wildman–Crippen MR) is 123 cm³/mol. The minimum absolute atomic E-state index is 0. The van der Waals surface area contributed by atoms with Crippen LogP contribution in [0.2, 0.25) is 0 Å². The molecule has 2 aliphatic carbocycles. The first-order chi connectivity index (χ1) is 13.0. The Morgan fingerprint density at radius 2 is 1.37 bits per heavy atom. The minimum Gasteiger partial charge on any atom is -0.476 e. The lowest BCUT2D eigenvalue weighted by Crippen LogP contribution is -2.18. The Kier molecular flexibility index (Phi) is 7.56. The van der Waals surface area contributed by atoms with Crippen LogP contribution in [0, 0.1) is 0 Å². The van der Waals surface area contributed by atoms with Crippen LogP contribution in [-0.4, -0.2) is 30.6 Å². The van der Waals surface area contributed by atoms with E-state index in [9.17, 15) is 4.79 Å². The van der Waals surface area contributed by atoms with E-state index in [4.69, 9.17) is 10.8 Å². The molecule has 0 saturated heterocycles. The molecule has 4 rings (SSSR count). The van der Waals surface area contributed by atoms with Crippen molar-refractivity contribution in [3.63, 3.8) is 0 Å². The summed E-state index contributed by atoms with van der Waals surface area (Å²) in [5.74, 6) is -0.168. The Morgan fingerprint density at radius 1 is 0.933 bits per heavy atom. The number of aromatic carboxylic acids is 1. The van der Waals surface area contributed by atoms with E-state index in [-0.39, 0.29) is 31.4 Å². The molecule has 7 nitrogen and oxygen atoms in total. The van der Waals surface area contributed by atoms with Crippen molar-refractivity contribution in [3.8, 4) is 0 Å². The molecule has 2 aromatic heterocycles. The summed E-state index contributed by atoms with van der Waals surface area (Å²) < 4.78 is 3.89. The van der Waals surface area contributed by atoms with Gasteiger partial charge in [0.05, 0.1) is 0 Å². The van der Waals surface area contributed by atoms with Crippen molar-refractivity contribution in [1.29, 1.82) is 0 Å². The number of hydrogen-bond donors (Lipinski definition) is 2. The number of carbonyl (C=O) groups is 1. The molecule has 0 aliphatic heterocycles. The van der Waals surface area contributed by atoms with Gasteiger partial charge in [-0.1, -0.05) is 42.5 Å². The second kappa shape index (κ2) is 8.82. The number of rotatable bonds is 3. The molecule has 0 fully saturated rings. The van der Waals surface area contributed by atoms with Gasteiger partial charge in [-0.05, 0) is 39.5 Å². The van der Waals surface area contributed by atoms with E-state index in [1.807, 2.05) is 11.6 Å². The third kappa shape index (κ3) is 4.12. The van der Waals surface area contributed by atoms with E-state index in [1.54, 1.807) is 0 Å². The number of nitrogens with zero attached hydrogens (tertiary/aromatic N) is 4. The zero-order valence-electron chi connectivity index (χ0n) is 18.0. The lowest BCUT2D eigenvalue weighted by molar-refractivity contribution is 0.0688. The highest BCUT2D eigenvalue weighted by Crippen LogP contribution is 2.41. The largest absolute Gasteiger partial charge is 0.476 e. The standard InChI is InChI=1S/C11H16N2O2.C10H17N3.2CH4/c1-4-13-9-7(5-6-11(9,2)3)8(12-13)10(14)15;1-4-13-8-7(9(11)12-13)5-6-10(8,2)3;;/h4-6H2,1-3H3,(H,14,15);4-6H2,1-3H3,(H2,11,12);2*1H4. The van der Waals surface area contributed by atoms with E-state index in [2.05, 4.69) is 49.5 Å². The summed E-state index contributed by atoms with van der Waals surface area (Å²) in [4.78, 5) is 11.0. The van der Waals surface area contributed by atoms with E-state index in [1.165, 1.54) is 17.7 Å². The molecule has 0 spiro atoms. The maximum atomic E-state index is 11.0. The van der Waals surface area contributed by atoms with Gasteiger partial charge in [0.2, 0.25) is 0 Å². The second-order valence-corrected chi connectivity index (χ2v) is 9.09. The number of aryl methyl sites for hydroxylation is 2. The van der Waals surface area contributed by atoms with Crippen molar-refractivity contribution in [1.82, 2.24) is 19.6 Å². The van der Waals surface area contributed by atoms with Crippen LogP contribution in [0.25, 0.3) is 0 Å². The molecule has 0 unspecified atom stereocenters. The Morgan fingerprint density at radius 3 is 1.83 bits per heavy atom. The molecular weight excluding hydrogens is 378 g/mol. The van der Waals surface area contributed by atoms with Gasteiger partial charge >= 0.3 is 5.97 Å². The average molecular weight is 420 g/mol. The van der Waals surface area contributed by atoms with Crippen LogP contribution < -0.4 is 5.73 Å². The third-order valence-corrected chi connectivity index (χ3v) is 6.22. The molecule has 0 atom stereocenters. The van der Waals surface area contributed by atoms with Crippen molar-refractivity contribution < 1.29 is 9.90 Å². The molecular formula is C23H41N5O2. The molecule has 0 saturated carbocycles. The highest BCUT2D eigenvalue weighted by atomic mass is 16.4. The Hall–Kier alpha value is -2.31. The summed E-state index contributed by atoms with van der Waals surface area (Å²) in [7, 11) is 0. The first-order valence-corrected chi connectivity index (χ1v) is 10.2. The first kappa shape index (κ1) is 25.7. The van der Waals surface area contributed by atoms with Gasteiger partial charge < -0.3 is 10.8 Å². The van der Waals surface area contributed by atoms with Gasteiger partial charge in [-0.3, -0.25) is 9.36 Å².